The molecule has 0 aromatic rings. The summed E-state index contributed by atoms with van der Waals surface area (Å²) in [6.45, 7) is 9.52. The zero-order valence-corrected chi connectivity index (χ0v) is 6.36. The van der Waals surface area contributed by atoms with Gasteiger partial charge in [-0.1, -0.05) is 26.6 Å². The summed E-state index contributed by atoms with van der Waals surface area (Å²) in [5, 5.41) is 0. The van der Waals surface area contributed by atoms with E-state index in [4.69, 9.17) is 0 Å². The topological polar surface area (TPSA) is 0 Å². The van der Waals surface area contributed by atoms with E-state index < -0.39 is 0 Å². The molecule has 8 heavy (non-hydrogen) atoms. The molecule has 0 radical (unpaired) electrons. The standard InChI is InChI=1S/C7H15B/c1-5-7(6-2)8(3)4/h5H,6H2,1-4H3. The third-order valence-electron chi connectivity index (χ3n) is 1.52. The van der Waals surface area contributed by atoms with Gasteiger partial charge in [-0.25, -0.2) is 0 Å². The highest BCUT2D eigenvalue weighted by molar-refractivity contribution is 6.63. The molecule has 0 spiro atoms. The number of hydrogen-bond donors (Lipinski definition) is 0. The van der Waals surface area contributed by atoms with Crippen LogP contribution in [0.4, 0.5) is 0 Å². The van der Waals surface area contributed by atoms with Gasteiger partial charge in [0.25, 0.3) is 0 Å². The van der Waals surface area contributed by atoms with E-state index in [1.807, 2.05) is 0 Å². The van der Waals surface area contributed by atoms with E-state index in [1.165, 1.54) is 6.42 Å². The predicted octanol–water partition coefficient (Wildman–Crippen LogP) is 2.64. The van der Waals surface area contributed by atoms with Crippen LogP contribution in [0.1, 0.15) is 20.3 Å². The molecule has 0 rings (SSSR count). The van der Waals surface area contributed by atoms with Gasteiger partial charge in [0, 0.05) is 0 Å². The number of rotatable bonds is 2. The smallest absolute Gasteiger partial charge is 0.106 e. The minimum Gasteiger partial charge on any atom is -0.106 e. The second-order valence-electron chi connectivity index (χ2n) is 2.37. The molecule has 0 amide bonds. The monoisotopic (exact) mass is 110 g/mol. The highest BCUT2D eigenvalue weighted by Gasteiger charge is 2.00. The summed E-state index contributed by atoms with van der Waals surface area (Å²) in [5.74, 6) is 0. The summed E-state index contributed by atoms with van der Waals surface area (Å²) >= 11 is 0. The average molecular weight is 110 g/mol. The zero-order chi connectivity index (χ0) is 6.57. The number of allylic oxidation sites excluding steroid dienone is 2. The Hall–Kier alpha value is -0.195. The first-order valence-corrected chi connectivity index (χ1v) is 3.37. The van der Waals surface area contributed by atoms with Gasteiger partial charge >= 0.3 is 0 Å². The van der Waals surface area contributed by atoms with Crippen molar-refractivity contribution in [3.8, 4) is 0 Å². The van der Waals surface area contributed by atoms with Crippen LogP contribution in [0, 0.1) is 0 Å². The van der Waals surface area contributed by atoms with Crippen LogP contribution < -0.4 is 0 Å². The molecular formula is C7H15B. The molecule has 1 heteroatoms. The van der Waals surface area contributed by atoms with Crippen LogP contribution in [-0.2, 0) is 0 Å². The molecule has 0 aromatic heterocycles. The fourth-order valence-corrected chi connectivity index (χ4v) is 0.946. The predicted molar refractivity (Wildman–Crippen MR) is 41.5 cm³/mol. The summed E-state index contributed by atoms with van der Waals surface area (Å²) < 4.78 is 0. The summed E-state index contributed by atoms with van der Waals surface area (Å²) in [7, 11) is 0. The van der Waals surface area contributed by atoms with Gasteiger partial charge in [-0.15, -0.1) is 5.47 Å². The Balaban J connectivity index is 3.72. The van der Waals surface area contributed by atoms with E-state index in [0.717, 1.165) is 6.71 Å². The molecule has 0 aliphatic carbocycles. The molecule has 0 nitrogen and oxygen atoms in total. The first-order chi connectivity index (χ1) is 3.72. The third-order valence-corrected chi connectivity index (χ3v) is 1.52. The van der Waals surface area contributed by atoms with Gasteiger partial charge < -0.3 is 0 Å². The normalized spacial score (nSPS) is 11.8. The Bertz CT molecular complexity index is 82.4. The van der Waals surface area contributed by atoms with Crippen molar-refractivity contribution in [1.82, 2.24) is 0 Å². The van der Waals surface area contributed by atoms with Crippen LogP contribution in [0.25, 0.3) is 0 Å². The second-order valence-corrected chi connectivity index (χ2v) is 2.37. The first kappa shape index (κ1) is 7.80. The van der Waals surface area contributed by atoms with Crippen molar-refractivity contribution in [3.63, 3.8) is 0 Å². The highest BCUT2D eigenvalue weighted by atomic mass is 13.8. The summed E-state index contributed by atoms with van der Waals surface area (Å²) in [5.41, 5.74) is 1.56. The molecular weight excluding hydrogens is 94.9 g/mol. The van der Waals surface area contributed by atoms with Gasteiger partial charge in [0.1, 0.15) is 0 Å². The minimum atomic E-state index is 0.741. The van der Waals surface area contributed by atoms with Gasteiger partial charge in [-0.05, 0) is 13.3 Å². The average Bonchev–Trinajstić information content (AvgIpc) is 1.69. The Morgan fingerprint density at radius 1 is 1.50 bits per heavy atom. The second kappa shape index (κ2) is 3.76. The quantitative estimate of drug-likeness (QED) is 0.479. The van der Waals surface area contributed by atoms with E-state index in [-0.39, 0.29) is 0 Å². The lowest BCUT2D eigenvalue weighted by atomic mass is 9.48. The maximum absolute atomic E-state index is 2.23. The van der Waals surface area contributed by atoms with Gasteiger partial charge in [-0.2, -0.15) is 0 Å². The fraction of sp³-hybridized carbons (Fsp3) is 0.714. The Labute approximate surface area is 53.1 Å². The van der Waals surface area contributed by atoms with Crippen LogP contribution in [0.3, 0.4) is 0 Å². The lowest BCUT2D eigenvalue weighted by Gasteiger charge is -2.02. The molecule has 0 aliphatic rings. The maximum atomic E-state index is 2.23. The van der Waals surface area contributed by atoms with Crippen molar-refractivity contribution in [2.75, 3.05) is 0 Å². The van der Waals surface area contributed by atoms with E-state index >= 15 is 0 Å². The SMILES string of the molecule is CC=C(CC)B(C)C. The van der Waals surface area contributed by atoms with Crippen LogP contribution in [0.15, 0.2) is 11.5 Å². The summed E-state index contributed by atoms with van der Waals surface area (Å²) in [6.07, 6.45) is 3.42. The molecule has 0 heterocycles. The molecule has 0 aromatic carbocycles. The van der Waals surface area contributed by atoms with E-state index in [0.29, 0.717) is 0 Å². The molecule has 0 atom stereocenters. The molecule has 0 unspecified atom stereocenters. The molecule has 0 saturated carbocycles. The van der Waals surface area contributed by atoms with Crippen LogP contribution >= 0.6 is 0 Å². The van der Waals surface area contributed by atoms with Crippen molar-refractivity contribution in [2.45, 2.75) is 33.9 Å². The number of hydrogen-bond acceptors (Lipinski definition) is 0. The molecule has 0 saturated heterocycles. The third kappa shape index (κ3) is 2.20. The minimum absolute atomic E-state index is 0.741. The van der Waals surface area contributed by atoms with Crippen LogP contribution in [0.5, 0.6) is 0 Å². The van der Waals surface area contributed by atoms with Crippen molar-refractivity contribution in [3.05, 3.63) is 11.5 Å². The Morgan fingerprint density at radius 2 is 2.00 bits per heavy atom. The van der Waals surface area contributed by atoms with E-state index in [1.54, 1.807) is 5.47 Å². The van der Waals surface area contributed by atoms with Crippen LogP contribution in [0.2, 0.25) is 13.6 Å². The van der Waals surface area contributed by atoms with Crippen LogP contribution in [-0.4, -0.2) is 6.71 Å². The Morgan fingerprint density at radius 3 is 2.00 bits per heavy atom. The molecule has 0 fully saturated rings. The summed E-state index contributed by atoms with van der Waals surface area (Å²) in [6, 6.07) is 0. The molecule has 0 N–H and O–H groups in total. The largest absolute Gasteiger partial charge is 0.163 e. The van der Waals surface area contributed by atoms with Gasteiger partial charge in [-0.3, -0.25) is 0 Å². The van der Waals surface area contributed by atoms with Gasteiger partial charge in [0.05, 0.1) is 0 Å². The van der Waals surface area contributed by atoms with E-state index in [2.05, 4.69) is 33.6 Å². The van der Waals surface area contributed by atoms with Crippen molar-refractivity contribution in [2.24, 2.45) is 0 Å². The fourth-order valence-electron chi connectivity index (χ4n) is 0.946. The zero-order valence-electron chi connectivity index (χ0n) is 6.36. The lowest BCUT2D eigenvalue weighted by molar-refractivity contribution is 1.17. The van der Waals surface area contributed by atoms with Crippen molar-refractivity contribution >= 4 is 6.71 Å². The highest BCUT2D eigenvalue weighted by Crippen LogP contribution is 2.03. The van der Waals surface area contributed by atoms with Gasteiger partial charge in [0.15, 0.2) is 6.71 Å². The molecule has 46 valence electrons. The van der Waals surface area contributed by atoms with Gasteiger partial charge in [0.2, 0.25) is 0 Å². The van der Waals surface area contributed by atoms with Crippen molar-refractivity contribution in [1.29, 1.82) is 0 Å². The Kier molecular flexibility index (Phi) is 3.67. The molecule has 0 aliphatic heterocycles. The van der Waals surface area contributed by atoms with E-state index in [9.17, 15) is 0 Å². The van der Waals surface area contributed by atoms with Crippen molar-refractivity contribution < 1.29 is 0 Å². The summed E-state index contributed by atoms with van der Waals surface area (Å²) in [4.78, 5) is 0. The first-order valence-electron chi connectivity index (χ1n) is 3.37. The maximum Gasteiger partial charge on any atom is 0.163 e. The molecule has 0 bridgehead atoms. The lowest BCUT2D eigenvalue weighted by Crippen LogP contribution is -2.03.